The highest BCUT2D eigenvalue weighted by Crippen LogP contribution is 2.29. The zero-order valence-corrected chi connectivity index (χ0v) is 18.4. The molecular formula is C28H25NO3. The van der Waals surface area contributed by atoms with Crippen LogP contribution in [-0.4, -0.2) is 12.1 Å². The number of methoxy groups -OCH3 is 1. The van der Waals surface area contributed by atoms with Crippen LogP contribution in [0.15, 0.2) is 101 Å². The molecule has 0 radical (unpaired) electrons. The number of aromatic nitrogens is 1. The minimum atomic E-state index is 0.631. The van der Waals surface area contributed by atoms with Crippen LogP contribution in [-0.2, 0) is 0 Å². The molecule has 0 saturated heterocycles. The summed E-state index contributed by atoms with van der Waals surface area (Å²) in [6.07, 6.45) is 0. The Kier molecular flexibility index (Phi) is 6.52. The Labute approximate surface area is 188 Å². The lowest BCUT2D eigenvalue weighted by atomic mass is 10.0. The highest BCUT2D eigenvalue weighted by molar-refractivity contribution is 5.76. The van der Waals surface area contributed by atoms with Gasteiger partial charge < -0.3 is 13.9 Å². The van der Waals surface area contributed by atoms with E-state index in [1.807, 2.05) is 98.8 Å². The first-order chi connectivity index (χ1) is 15.8. The standard InChI is InChI=1S/C26H19NO3.C2H6/c1-28-21-14-16-23(17-15-21)29-22-12-10-19(11-13-22)18-6-8-20(9-7-18)26-27-24-4-2-3-5-25(24)30-26;1-2/h2-17H,1H3;1-2H3. The zero-order chi connectivity index (χ0) is 22.3. The molecule has 0 spiro atoms. The molecular weight excluding hydrogens is 398 g/mol. The number of ether oxygens (including phenoxy) is 2. The number of benzene rings is 4. The smallest absolute Gasteiger partial charge is 0.227 e. The summed E-state index contributed by atoms with van der Waals surface area (Å²) in [5.41, 5.74) is 4.84. The molecule has 0 aliphatic heterocycles. The predicted molar refractivity (Wildman–Crippen MR) is 129 cm³/mol. The first-order valence-electron chi connectivity index (χ1n) is 10.7. The Hall–Kier alpha value is -4.05. The topological polar surface area (TPSA) is 44.5 Å². The molecule has 1 heterocycles. The van der Waals surface area contributed by atoms with Gasteiger partial charge in [-0.25, -0.2) is 4.98 Å². The van der Waals surface area contributed by atoms with Crippen LogP contribution in [0.5, 0.6) is 17.2 Å². The maximum absolute atomic E-state index is 5.90. The van der Waals surface area contributed by atoms with E-state index in [1.54, 1.807) is 7.11 Å². The van der Waals surface area contributed by atoms with Crippen molar-refractivity contribution in [1.82, 2.24) is 4.98 Å². The van der Waals surface area contributed by atoms with Crippen LogP contribution in [0, 0.1) is 0 Å². The van der Waals surface area contributed by atoms with Crippen LogP contribution in [0.2, 0.25) is 0 Å². The maximum atomic E-state index is 5.90. The van der Waals surface area contributed by atoms with Gasteiger partial charge in [0.1, 0.15) is 22.8 Å². The minimum absolute atomic E-state index is 0.631. The number of para-hydroxylation sites is 2. The second-order valence-electron chi connectivity index (χ2n) is 6.87. The van der Waals surface area contributed by atoms with Crippen LogP contribution < -0.4 is 9.47 Å². The van der Waals surface area contributed by atoms with Crippen molar-refractivity contribution in [3.05, 3.63) is 97.1 Å². The molecule has 0 N–H and O–H groups in total. The van der Waals surface area contributed by atoms with Gasteiger partial charge >= 0.3 is 0 Å². The molecule has 4 heteroatoms. The van der Waals surface area contributed by atoms with Crippen molar-refractivity contribution in [2.24, 2.45) is 0 Å². The Balaban J connectivity index is 0.00000119. The number of hydrogen-bond acceptors (Lipinski definition) is 4. The van der Waals surface area contributed by atoms with Gasteiger partial charge in [-0.05, 0) is 71.8 Å². The quantitative estimate of drug-likeness (QED) is 0.287. The molecule has 0 aliphatic carbocycles. The zero-order valence-electron chi connectivity index (χ0n) is 18.4. The summed E-state index contributed by atoms with van der Waals surface area (Å²) < 4.78 is 16.9. The van der Waals surface area contributed by atoms with E-state index < -0.39 is 0 Å². The molecule has 4 nitrogen and oxygen atoms in total. The van der Waals surface area contributed by atoms with E-state index >= 15 is 0 Å². The van der Waals surface area contributed by atoms with Gasteiger partial charge in [0, 0.05) is 5.56 Å². The highest BCUT2D eigenvalue weighted by Gasteiger charge is 2.08. The van der Waals surface area contributed by atoms with Gasteiger partial charge in [0.05, 0.1) is 7.11 Å². The van der Waals surface area contributed by atoms with Gasteiger partial charge in [0.25, 0.3) is 0 Å². The lowest BCUT2D eigenvalue weighted by Crippen LogP contribution is -1.86. The van der Waals surface area contributed by atoms with E-state index in [-0.39, 0.29) is 0 Å². The van der Waals surface area contributed by atoms with Crippen molar-refractivity contribution < 1.29 is 13.9 Å². The SMILES string of the molecule is CC.COc1ccc(Oc2ccc(-c3ccc(-c4nc5ccccc5o4)cc3)cc2)cc1. The largest absolute Gasteiger partial charge is 0.497 e. The van der Waals surface area contributed by atoms with E-state index in [9.17, 15) is 0 Å². The molecule has 1 aromatic heterocycles. The van der Waals surface area contributed by atoms with Crippen molar-refractivity contribution in [2.45, 2.75) is 13.8 Å². The maximum Gasteiger partial charge on any atom is 0.227 e. The molecule has 0 aliphatic rings. The number of fused-ring (bicyclic) bond motifs is 1. The summed E-state index contributed by atoms with van der Waals surface area (Å²) in [6.45, 7) is 4.00. The molecule has 0 saturated carbocycles. The molecule has 160 valence electrons. The lowest BCUT2D eigenvalue weighted by molar-refractivity contribution is 0.413. The molecule has 0 fully saturated rings. The van der Waals surface area contributed by atoms with E-state index in [2.05, 4.69) is 17.1 Å². The molecule has 0 amide bonds. The summed E-state index contributed by atoms with van der Waals surface area (Å²) in [7, 11) is 1.65. The number of oxazole rings is 1. The highest BCUT2D eigenvalue weighted by atomic mass is 16.5. The Morgan fingerprint density at radius 2 is 1.09 bits per heavy atom. The Morgan fingerprint density at radius 3 is 1.69 bits per heavy atom. The average Bonchev–Trinajstić information content (AvgIpc) is 3.31. The number of rotatable bonds is 5. The summed E-state index contributed by atoms with van der Waals surface area (Å²) in [5.74, 6) is 2.99. The third kappa shape index (κ3) is 4.65. The van der Waals surface area contributed by atoms with Crippen LogP contribution >= 0.6 is 0 Å². The van der Waals surface area contributed by atoms with Crippen molar-refractivity contribution in [3.63, 3.8) is 0 Å². The molecule has 32 heavy (non-hydrogen) atoms. The van der Waals surface area contributed by atoms with E-state index in [0.29, 0.717) is 5.89 Å². The summed E-state index contributed by atoms with van der Waals surface area (Å²) in [6, 6.07) is 31.5. The van der Waals surface area contributed by atoms with Crippen molar-refractivity contribution >= 4 is 11.1 Å². The number of nitrogens with zero attached hydrogens (tertiary/aromatic N) is 1. The normalized spacial score (nSPS) is 10.3. The predicted octanol–water partition coefficient (Wildman–Crippen LogP) is 7.99. The van der Waals surface area contributed by atoms with Gasteiger partial charge in [-0.15, -0.1) is 0 Å². The van der Waals surface area contributed by atoms with Crippen molar-refractivity contribution in [3.8, 4) is 39.8 Å². The Bertz CT molecular complexity index is 1240. The summed E-state index contributed by atoms with van der Waals surface area (Å²) >= 11 is 0. The first kappa shape index (κ1) is 21.2. The van der Waals surface area contributed by atoms with E-state index in [4.69, 9.17) is 13.9 Å². The molecule has 0 atom stereocenters. The fraction of sp³-hybridized carbons (Fsp3) is 0.107. The monoisotopic (exact) mass is 423 g/mol. The lowest BCUT2D eigenvalue weighted by Gasteiger charge is -2.08. The average molecular weight is 424 g/mol. The summed E-state index contributed by atoms with van der Waals surface area (Å²) in [5, 5.41) is 0. The second-order valence-corrected chi connectivity index (χ2v) is 6.87. The van der Waals surface area contributed by atoms with E-state index in [1.165, 1.54) is 0 Å². The van der Waals surface area contributed by atoms with Crippen molar-refractivity contribution in [2.75, 3.05) is 7.11 Å². The molecule has 5 rings (SSSR count). The Morgan fingerprint density at radius 1 is 0.594 bits per heavy atom. The second kappa shape index (κ2) is 9.84. The fourth-order valence-electron chi connectivity index (χ4n) is 3.30. The summed E-state index contributed by atoms with van der Waals surface area (Å²) in [4.78, 5) is 4.56. The molecule has 4 aromatic carbocycles. The van der Waals surface area contributed by atoms with Gasteiger partial charge in [-0.1, -0.05) is 50.2 Å². The van der Waals surface area contributed by atoms with Gasteiger partial charge in [-0.3, -0.25) is 0 Å². The fourth-order valence-corrected chi connectivity index (χ4v) is 3.30. The van der Waals surface area contributed by atoms with Crippen LogP contribution in [0.3, 0.4) is 0 Å². The number of hydrogen-bond donors (Lipinski definition) is 0. The van der Waals surface area contributed by atoms with E-state index in [0.717, 1.165) is 45.0 Å². The van der Waals surface area contributed by atoms with Crippen LogP contribution in [0.25, 0.3) is 33.7 Å². The van der Waals surface area contributed by atoms with Gasteiger partial charge in [-0.2, -0.15) is 0 Å². The third-order valence-electron chi connectivity index (χ3n) is 4.91. The molecule has 5 aromatic rings. The first-order valence-corrected chi connectivity index (χ1v) is 10.7. The third-order valence-corrected chi connectivity index (χ3v) is 4.91. The van der Waals surface area contributed by atoms with Gasteiger partial charge in [0.15, 0.2) is 5.58 Å². The minimum Gasteiger partial charge on any atom is -0.497 e. The molecule has 0 bridgehead atoms. The molecule has 0 unspecified atom stereocenters. The van der Waals surface area contributed by atoms with Crippen LogP contribution in [0.1, 0.15) is 13.8 Å². The van der Waals surface area contributed by atoms with Crippen LogP contribution in [0.4, 0.5) is 0 Å². The van der Waals surface area contributed by atoms with Gasteiger partial charge in [0.2, 0.25) is 5.89 Å². The van der Waals surface area contributed by atoms with Crippen molar-refractivity contribution in [1.29, 1.82) is 0 Å².